The van der Waals surface area contributed by atoms with Gasteiger partial charge in [-0.15, -0.1) is 4.48 Å². The lowest BCUT2D eigenvalue weighted by atomic mass is 10.2. The molecule has 0 bridgehead atoms. The summed E-state index contributed by atoms with van der Waals surface area (Å²) in [6.07, 6.45) is 2.77. The van der Waals surface area contributed by atoms with Crippen LogP contribution in [0, 0.1) is 0 Å². The molecule has 2 rings (SSSR count). The monoisotopic (exact) mass is 260 g/mol. The van der Waals surface area contributed by atoms with E-state index in [1.54, 1.807) is 6.20 Å². The first-order valence-electron chi connectivity index (χ1n) is 6.19. The molecule has 2 atom stereocenters. The SMILES string of the molecule is C[C@@H](N)CC1=C[N+](Cc2ccccc2)(C(=O)O)C=N1. The number of amides is 1. The third kappa shape index (κ3) is 3.07. The fourth-order valence-corrected chi connectivity index (χ4v) is 2.09. The summed E-state index contributed by atoms with van der Waals surface area (Å²) in [4.78, 5) is 15.8. The molecule has 0 spiro atoms. The first-order valence-corrected chi connectivity index (χ1v) is 6.19. The number of carbonyl (C=O) groups is 1. The van der Waals surface area contributed by atoms with E-state index >= 15 is 0 Å². The molecule has 0 aliphatic carbocycles. The highest BCUT2D eigenvalue weighted by Crippen LogP contribution is 2.23. The molecule has 0 radical (unpaired) electrons. The molecule has 1 heterocycles. The first-order chi connectivity index (χ1) is 9.02. The molecule has 1 aliphatic heterocycles. The summed E-state index contributed by atoms with van der Waals surface area (Å²) in [6.45, 7) is 2.23. The van der Waals surface area contributed by atoms with Crippen LogP contribution in [0.3, 0.4) is 0 Å². The molecule has 5 heteroatoms. The van der Waals surface area contributed by atoms with Crippen molar-refractivity contribution in [2.24, 2.45) is 10.7 Å². The number of nitrogens with two attached hydrogens (primary N) is 1. The first kappa shape index (κ1) is 13.5. The highest BCUT2D eigenvalue weighted by atomic mass is 16.4. The van der Waals surface area contributed by atoms with E-state index in [0.717, 1.165) is 11.3 Å². The van der Waals surface area contributed by atoms with Crippen LogP contribution in [-0.2, 0) is 6.54 Å². The minimum Gasteiger partial charge on any atom is -0.435 e. The highest BCUT2D eigenvalue weighted by molar-refractivity contribution is 5.72. The van der Waals surface area contributed by atoms with Gasteiger partial charge in [0.25, 0.3) is 0 Å². The quantitative estimate of drug-likeness (QED) is 0.816. The van der Waals surface area contributed by atoms with Crippen molar-refractivity contribution >= 4 is 12.4 Å². The maximum Gasteiger partial charge on any atom is 0.524 e. The Kier molecular flexibility index (Phi) is 3.78. The molecular formula is C14H18N3O2+. The van der Waals surface area contributed by atoms with E-state index in [0.29, 0.717) is 13.0 Å². The standard InChI is InChI=1S/C14H17N3O2/c1-11(15)7-13-9-17(10-16-13,14(18)19)8-12-5-3-2-4-6-12/h2-6,9-11H,7-8,15H2,1H3/p+1/t11-,17?/m1/s1. The fourth-order valence-electron chi connectivity index (χ4n) is 2.09. The van der Waals surface area contributed by atoms with Gasteiger partial charge in [0, 0.05) is 18.0 Å². The molecule has 1 aliphatic rings. The van der Waals surface area contributed by atoms with E-state index in [1.165, 1.54) is 6.34 Å². The molecule has 100 valence electrons. The lowest BCUT2D eigenvalue weighted by Crippen LogP contribution is -2.43. The summed E-state index contributed by atoms with van der Waals surface area (Å²) in [5.74, 6) is 0. The summed E-state index contributed by atoms with van der Waals surface area (Å²) in [5.41, 5.74) is 7.40. The molecule has 0 fully saturated rings. The van der Waals surface area contributed by atoms with Gasteiger partial charge in [-0.25, -0.2) is 4.99 Å². The van der Waals surface area contributed by atoms with Crippen molar-refractivity contribution in [2.45, 2.75) is 25.9 Å². The zero-order chi connectivity index (χ0) is 13.9. The molecule has 19 heavy (non-hydrogen) atoms. The Bertz CT molecular complexity index is 523. The van der Waals surface area contributed by atoms with Gasteiger partial charge in [-0.3, -0.25) is 0 Å². The Morgan fingerprint density at radius 1 is 1.42 bits per heavy atom. The van der Waals surface area contributed by atoms with E-state index in [2.05, 4.69) is 4.99 Å². The van der Waals surface area contributed by atoms with Crippen LogP contribution in [0.4, 0.5) is 4.79 Å². The van der Waals surface area contributed by atoms with Crippen molar-refractivity contribution in [1.29, 1.82) is 0 Å². The zero-order valence-electron chi connectivity index (χ0n) is 10.9. The zero-order valence-corrected chi connectivity index (χ0v) is 10.9. The van der Waals surface area contributed by atoms with Crippen LogP contribution in [0.25, 0.3) is 0 Å². The van der Waals surface area contributed by atoms with Crippen LogP contribution in [0.1, 0.15) is 18.9 Å². The number of hydrogen-bond donors (Lipinski definition) is 2. The largest absolute Gasteiger partial charge is 0.524 e. The Hall–Kier alpha value is -1.98. The molecule has 0 saturated carbocycles. The van der Waals surface area contributed by atoms with Crippen molar-refractivity contribution in [2.75, 3.05) is 0 Å². The van der Waals surface area contributed by atoms with Gasteiger partial charge in [0.2, 0.25) is 6.34 Å². The Labute approximate surface area is 112 Å². The van der Waals surface area contributed by atoms with E-state index in [-0.39, 0.29) is 10.5 Å². The smallest absolute Gasteiger partial charge is 0.435 e. The Morgan fingerprint density at radius 2 is 2.11 bits per heavy atom. The predicted molar refractivity (Wildman–Crippen MR) is 73.3 cm³/mol. The number of rotatable bonds is 4. The van der Waals surface area contributed by atoms with Gasteiger partial charge < -0.3 is 10.8 Å². The number of quaternary nitrogens is 1. The number of aliphatic imine (C=N–C) groups is 1. The van der Waals surface area contributed by atoms with Crippen molar-refractivity contribution in [3.05, 3.63) is 47.8 Å². The average Bonchev–Trinajstić information content (AvgIpc) is 2.74. The normalized spacial score (nSPS) is 23.2. The summed E-state index contributed by atoms with van der Waals surface area (Å²) < 4.78 is -0.300. The molecule has 3 N–H and O–H groups in total. The molecule has 1 unspecified atom stereocenters. The lowest BCUT2D eigenvalue weighted by molar-refractivity contribution is -0.715. The van der Waals surface area contributed by atoms with Crippen molar-refractivity contribution < 1.29 is 14.4 Å². The number of benzene rings is 1. The summed E-state index contributed by atoms with van der Waals surface area (Å²) in [6, 6.07) is 9.49. The fraction of sp³-hybridized carbons (Fsp3) is 0.286. The van der Waals surface area contributed by atoms with E-state index in [9.17, 15) is 9.90 Å². The lowest BCUT2D eigenvalue weighted by Gasteiger charge is -2.20. The van der Waals surface area contributed by atoms with Gasteiger partial charge in [-0.05, 0) is 6.92 Å². The van der Waals surface area contributed by atoms with Gasteiger partial charge in [0.05, 0.1) is 0 Å². The van der Waals surface area contributed by atoms with Gasteiger partial charge in [0.1, 0.15) is 18.4 Å². The van der Waals surface area contributed by atoms with Crippen molar-refractivity contribution in [1.82, 2.24) is 0 Å². The number of nitrogens with zero attached hydrogens (tertiary/aromatic N) is 2. The minimum atomic E-state index is -0.938. The third-order valence-corrected chi connectivity index (χ3v) is 2.98. The second-order valence-electron chi connectivity index (χ2n) is 4.90. The van der Waals surface area contributed by atoms with Crippen molar-refractivity contribution in [3.63, 3.8) is 0 Å². The van der Waals surface area contributed by atoms with E-state index < -0.39 is 6.09 Å². The van der Waals surface area contributed by atoms with E-state index in [1.807, 2.05) is 37.3 Å². The average molecular weight is 260 g/mol. The highest BCUT2D eigenvalue weighted by Gasteiger charge is 2.38. The second-order valence-corrected chi connectivity index (χ2v) is 4.90. The second kappa shape index (κ2) is 5.34. The Morgan fingerprint density at radius 3 is 2.68 bits per heavy atom. The maximum atomic E-state index is 11.6. The number of hydrogen-bond acceptors (Lipinski definition) is 3. The van der Waals surface area contributed by atoms with Crippen LogP contribution < -0.4 is 5.73 Å². The van der Waals surface area contributed by atoms with Crippen LogP contribution in [-0.4, -0.2) is 28.1 Å². The van der Waals surface area contributed by atoms with Gasteiger partial charge in [-0.1, -0.05) is 30.3 Å². The predicted octanol–water partition coefficient (Wildman–Crippen LogP) is 2.30. The third-order valence-electron chi connectivity index (χ3n) is 2.98. The van der Waals surface area contributed by atoms with Gasteiger partial charge in [-0.2, -0.15) is 4.79 Å². The molecule has 1 aromatic rings. The number of carboxylic acid groups (broad SMARTS) is 1. The van der Waals surface area contributed by atoms with Crippen LogP contribution in [0.2, 0.25) is 0 Å². The van der Waals surface area contributed by atoms with Crippen LogP contribution in [0.5, 0.6) is 0 Å². The summed E-state index contributed by atoms with van der Waals surface area (Å²) in [7, 11) is 0. The van der Waals surface area contributed by atoms with Crippen LogP contribution in [0.15, 0.2) is 47.2 Å². The summed E-state index contributed by atoms with van der Waals surface area (Å²) >= 11 is 0. The molecule has 1 amide bonds. The molecule has 1 aromatic carbocycles. The molecule has 5 nitrogen and oxygen atoms in total. The van der Waals surface area contributed by atoms with Gasteiger partial charge in [0.15, 0.2) is 0 Å². The minimum absolute atomic E-state index is 0.0334. The van der Waals surface area contributed by atoms with Gasteiger partial charge >= 0.3 is 6.09 Å². The van der Waals surface area contributed by atoms with Crippen LogP contribution >= 0.6 is 0 Å². The summed E-state index contributed by atoms with van der Waals surface area (Å²) in [5, 5.41) is 9.48. The topological polar surface area (TPSA) is 75.7 Å². The maximum absolute atomic E-state index is 11.6. The van der Waals surface area contributed by atoms with Crippen molar-refractivity contribution in [3.8, 4) is 0 Å². The molecule has 0 aromatic heterocycles. The Balaban J connectivity index is 2.24. The van der Waals surface area contributed by atoms with E-state index in [4.69, 9.17) is 5.73 Å². The molecule has 0 saturated heterocycles. The molecular weight excluding hydrogens is 242 g/mol.